The van der Waals surface area contributed by atoms with Crippen molar-refractivity contribution in [3.63, 3.8) is 0 Å². The van der Waals surface area contributed by atoms with Gasteiger partial charge in [0.2, 0.25) is 0 Å². The zero-order chi connectivity index (χ0) is 18.6. The maximum absolute atomic E-state index is 12.9. The number of nitrogens with zero attached hydrogens (tertiary/aromatic N) is 1. The highest BCUT2D eigenvalue weighted by Gasteiger charge is 2.15. The molecular weight excluding hydrogens is 390 g/mol. The maximum Gasteiger partial charge on any atom is 0.251 e. The smallest absolute Gasteiger partial charge is 0.251 e. The van der Waals surface area contributed by atoms with Crippen molar-refractivity contribution in [2.24, 2.45) is 5.10 Å². The Balaban J connectivity index is 2.24. The molecule has 2 aromatic carbocycles. The molecule has 9 heteroatoms. The Hall–Kier alpha value is -1.83. The van der Waals surface area contributed by atoms with Crippen LogP contribution in [0.15, 0.2) is 41.5 Å². The molecule has 5 nitrogen and oxygen atoms in total. The Labute approximate surface area is 155 Å². The quantitative estimate of drug-likeness (QED) is 0.562. The predicted octanol–water partition coefficient (Wildman–Crippen LogP) is 4.07. The number of hydrogen-bond donors (Lipinski definition) is 2. The Morgan fingerprint density at radius 3 is 2.48 bits per heavy atom. The first-order valence-electron chi connectivity index (χ1n) is 7.20. The first kappa shape index (κ1) is 19.5. The van der Waals surface area contributed by atoms with Crippen molar-refractivity contribution >= 4 is 38.9 Å². The summed E-state index contributed by atoms with van der Waals surface area (Å²) in [6.45, 7) is 1.74. The molecule has 0 aliphatic rings. The number of aromatic hydroxyl groups is 1. The van der Waals surface area contributed by atoms with Crippen molar-refractivity contribution in [1.82, 2.24) is 4.83 Å². The Morgan fingerprint density at radius 1 is 1.24 bits per heavy atom. The van der Waals surface area contributed by atoms with Crippen LogP contribution in [0.5, 0.6) is 5.75 Å². The van der Waals surface area contributed by atoms with E-state index in [1.165, 1.54) is 36.4 Å². The van der Waals surface area contributed by atoms with E-state index < -0.39 is 15.8 Å². The average molecular weight is 405 g/mol. The molecule has 0 aliphatic heterocycles. The van der Waals surface area contributed by atoms with Crippen molar-refractivity contribution in [3.8, 4) is 5.75 Å². The summed E-state index contributed by atoms with van der Waals surface area (Å²) < 4.78 is 37.1. The van der Waals surface area contributed by atoms with Crippen LogP contribution in [0.25, 0.3) is 0 Å². The summed E-state index contributed by atoms with van der Waals surface area (Å²) in [6.07, 6.45) is 0.323. The molecule has 0 aromatic heterocycles. The molecular formula is C16H15Cl2FN2O3S. The number of phenols is 1. The van der Waals surface area contributed by atoms with Gasteiger partial charge in [0.25, 0.3) is 10.0 Å². The van der Waals surface area contributed by atoms with Crippen molar-refractivity contribution < 1.29 is 17.9 Å². The van der Waals surface area contributed by atoms with E-state index in [9.17, 15) is 17.9 Å². The molecule has 2 rings (SSSR count). The first-order valence-corrected chi connectivity index (χ1v) is 9.61. The zero-order valence-corrected chi connectivity index (χ0v) is 15.5. The summed E-state index contributed by atoms with van der Waals surface area (Å²) >= 11 is 11.8. The van der Waals surface area contributed by atoms with Crippen LogP contribution < -0.4 is 4.83 Å². The largest absolute Gasteiger partial charge is 0.506 e. The second kappa shape index (κ2) is 8.03. The Morgan fingerprint density at radius 2 is 1.88 bits per heavy atom. The van der Waals surface area contributed by atoms with Crippen LogP contribution in [0.4, 0.5) is 4.39 Å². The van der Waals surface area contributed by atoms with E-state index >= 15 is 0 Å². The number of sulfonamides is 1. The molecule has 0 fully saturated rings. The number of hydrogen-bond acceptors (Lipinski definition) is 4. The van der Waals surface area contributed by atoms with E-state index in [1.54, 1.807) is 6.92 Å². The lowest BCUT2D eigenvalue weighted by Gasteiger charge is -2.10. The van der Waals surface area contributed by atoms with Crippen LogP contribution in [0.3, 0.4) is 0 Å². The molecule has 2 N–H and O–H groups in total. The lowest BCUT2D eigenvalue weighted by atomic mass is 10.1. The normalized spacial score (nSPS) is 12.2. The molecule has 0 radical (unpaired) electrons. The zero-order valence-electron chi connectivity index (χ0n) is 13.1. The van der Waals surface area contributed by atoms with Crippen molar-refractivity contribution in [3.05, 3.63) is 63.4 Å². The SMILES string of the molecule is CC/C(=N\NS(=O)(=O)Cc1ccc(F)cc1)c1cc(Cl)cc(Cl)c1O. The second-order valence-corrected chi connectivity index (χ2v) is 7.72. The van der Waals surface area contributed by atoms with Gasteiger partial charge in [0, 0.05) is 10.6 Å². The lowest BCUT2D eigenvalue weighted by Crippen LogP contribution is -2.22. The molecule has 0 unspecified atom stereocenters. The van der Waals surface area contributed by atoms with E-state index in [1.807, 2.05) is 0 Å². The number of nitrogens with one attached hydrogen (secondary N) is 1. The van der Waals surface area contributed by atoms with Gasteiger partial charge in [0.1, 0.15) is 11.6 Å². The fraction of sp³-hybridized carbons (Fsp3) is 0.188. The molecule has 0 heterocycles. The van der Waals surface area contributed by atoms with E-state index in [-0.39, 0.29) is 32.8 Å². The van der Waals surface area contributed by atoms with Gasteiger partial charge in [-0.15, -0.1) is 0 Å². The number of hydrazone groups is 1. The summed E-state index contributed by atoms with van der Waals surface area (Å²) in [5, 5.41) is 14.2. The third-order valence-electron chi connectivity index (χ3n) is 3.26. The minimum absolute atomic E-state index is 0.0396. The molecule has 134 valence electrons. The van der Waals surface area contributed by atoms with Gasteiger partial charge in [-0.3, -0.25) is 0 Å². The lowest BCUT2D eigenvalue weighted by molar-refractivity contribution is 0.474. The van der Waals surface area contributed by atoms with Crippen LogP contribution in [0, 0.1) is 5.82 Å². The molecule has 0 bridgehead atoms. The first-order chi connectivity index (χ1) is 11.7. The molecule has 0 aliphatic carbocycles. The highest BCUT2D eigenvalue weighted by Crippen LogP contribution is 2.32. The van der Waals surface area contributed by atoms with E-state index in [4.69, 9.17) is 23.2 Å². The van der Waals surface area contributed by atoms with Gasteiger partial charge >= 0.3 is 0 Å². The van der Waals surface area contributed by atoms with Crippen LogP contribution in [-0.2, 0) is 15.8 Å². The molecule has 0 saturated heterocycles. The predicted molar refractivity (Wildman–Crippen MR) is 97.1 cm³/mol. The molecule has 2 aromatic rings. The summed E-state index contributed by atoms with van der Waals surface area (Å²) in [4.78, 5) is 2.11. The fourth-order valence-electron chi connectivity index (χ4n) is 2.07. The highest BCUT2D eigenvalue weighted by atomic mass is 35.5. The van der Waals surface area contributed by atoms with E-state index in [0.717, 1.165) is 0 Å². The molecule has 25 heavy (non-hydrogen) atoms. The van der Waals surface area contributed by atoms with Gasteiger partial charge in [-0.1, -0.05) is 42.3 Å². The average Bonchev–Trinajstić information content (AvgIpc) is 2.54. The van der Waals surface area contributed by atoms with Crippen molar-refractivity contribution in [1.29, 1.82) is 0 Å². The third kappa shape index (κ3) is 5.32. The van der Waals surface area contributed by atoms with E-state index in [2.05, 4.69) is 9.93 Å². The standard InChI is InChI=1S/C16H15Cl2FN2O3S/c1-2-15(13-7-11(17)8-14(18)16(13)22)20-21-25(23,24)9-10-3-5-12(19)6-4-10/h3-8,21-22H,2,9H2,1H3/b20-15+. The van der Waals surface area contributed by atoms with Gasteiger partial charge in [0.05, 0.1) is 16.5 Å². The highest BCUT2D eigenvalue weighted by molar-refractivity contribution is 7.88. The van der Waals surface area contributed by atoms with Gasteiger partial charge in [0.15, 0.2) is 0 Å². The maximum atomic E-state index is 12.9. The topological polar surface area (TPSA) is 78.8 Å². The van der Waals surface area contributed by atoms with Crippen molar-refractivity contribution in [2.45, 2.75) is 19.1 Å². The summed E-state index contributed by atoms with van der Waals surface area (Å²) in [7, 11) is -3.80. The third-order valence-corrected chi connectivity index (χ3v) is 4.85. The minimum atomic E-state index is -3.80. The second-order valence-electron chi connectivity index (χ2n) is 5.17. The Kier molecular flexibility index (Phi) is 6.26. The van der Waals surface area contributed by atoms with Gasteiger partial charge in [-0.25, -0.2) is 17.6 Å². The van der Waals surface area contributed by atoms with E-state index in [0.29, 0.717) is 12.0 Å². The number of benzene rings is 2. The molecule has 0 atom stereocenters. The number of phenolic OH excluding ortho intramolecular Hbond substituents is 1. The molecule has 0 spiro atoms. The summed E-state index contributed by atoms with van der Waals surface area (Å²) in [5.74, 6) is -1.05. The van der Waals surface area contributed by atoms with Crippen LogP contribution >= 0.6 is 23.2 Å². The van der Waals surface area contributed by atoms with Gasteiger partial charge in [-0.2, -0.15) is 5.10 Å². The fourth-order valence-corrected chi connectivity index (χ4v) is 3.51. The van der Waals surface area contributed by atoms with Gasteiger partial charge in [-0.05, 0) is 36.2 Å². The van der Waals surface area contributed by atoms with Crippen LogP contribution in [0.1, 0.15) is 24.5 Å². The number of rotatable bonds is 6. The van der Waals surface area contributed by atoms with Gasteiger partial charge < -0.3 is 5.11 Å². The van der Waals surface area contributed by atoms with Crippen LogP contribution in [0.2, 0.25) is 10.0 Å². The molecule has 0 saturated carbocycles. The van der Waals surface area contributed by atoms with Crippen molar-refractivity contribution in [2.75, 3.05) is 0 Å². The monoisotopic (exact) mass is 404 g/mol. The minimum Gasteiger partial charge on any atom is -0.506 e. The summed E-state index contributed by atoms with van der Waals surface area (Å²) in [6, 6.07) is 7.92. The number of halogens is 3. The van der Waals surface area contributed by atoms with Crippen LogP contribution in [-0.4, -0.2) is 19.2 Å². The summed E-state index contributed by atoms with van der Waals surface area (Å²) in [5.41, 5.74) is 0.921. The molecule has 0 amide bonds. The Bertz CT molecular complexity index is 900.